The predicted octanol–water partition coefficient (Wildman–Crippen LogP) is 2.50. The maximum absolute atomic E-state index is 12.8. The van der Waals surface area contributed by atoms with Crippen LogP contribution in [-0.2, 0) is 10.0 Å². The van der Waals surface area contributed by atoms with Gasteiger partial charge in [-0.2, -0.15) is 14.7 Å². The van der Waals surface area contributed by atoms with Crippen molar-refractivity contribution in [2.24, 2.45) is 5.10 Å². The van der Waals surface area contributed by atoms with Crippen LogP contribution < -0.4 is 5.43 Å². The fourth-order valence-corrected chi connectivity index (χ4v) is 4.49. The van der Waals surface area contributed by atoms with E-state index in [-0.39, 0.29) is 10.5 Å². The second-order valence-electron chi connectivity index (χ2n) is 6.43. The highest BCUT2D eigenvalue weighted by atomic mass is 32.2. The molecule has 1 aliphatic rings. The van der Waals surface area contributed by atoms with Crippen LogP contribution in [0.1, 0.15) is 40.7 Å². The molecule has 0 radical (unpaired) electrons. The van der Waals surface area contributed by atoms with Crippen molar-refractivity contribution >= 4 is 22.1 Å². The van der Waals surface area contributed by atoms with E-state index < -0.39 is 15.9 Å². The van der Waals surface area contributed by atoms with Gasteiger partial charge in [0.25, 0.3) is 5.91 Å². The van der Waals surface area contributed by atoms with Crippen LogP contribution in [0.15, 0.2) is 58.5 Å². The summed E-state index contributed by atoms with van der Waals surface area (Å²) >= 11 is 0. The van der Waals surface area contributed by atoms with Crippen LogP contribution >= 0.6 is 0 Å². The summed E-state index contributed by atoms with van der Waals surface area (Å²) in [5.41, 5.74) is 3.87. The monoisotopic (exact) mass is 396 g/mol. The Bertz CT molecular complexity index is 1020. The number of nitriles is 1. The first-order valence-electron chi connectivity index (χ1n) is 8.94. The third-order valence-corrected chi connectivity index (χ3v) is 6.36. The molecule has 144 valence electrons. The molecule has 2 aromatic carbocycles. The highest BCUT2D eigenvalue weighted by Crippen LogP contribution is 2.21. The molecule has 1 amide bonds. The lowest BCUT2D eigenvalue weighted by Gasteiger charge is -2.25. The molecule has 1 saturated heterocycles. The number of hydrogen-bond acceptors (Lipinski definition) is 5. The van der Waals surface area contributed by atoms with E-state index in [1.165, 1.54) is 22.7 Å². The number of benzene rings is 2. The zero-order valence-electron chi connectivity index (χ0n) is 15.2. The first-order valence-corrected chi connectivity index (χ1v) is 10.4. The van der Waals surface area contributed by atoms with Crippen molar-refractivity contribution in [1.29, 1.82) is 5.26 Å². The molecular weight excluding hydrogens is 376 g/mol. The molecule has 0 aliphatic carbocycles. The van der Waals surface area contributed by atoms with Gasteiger partial charge in [0, 0.05) is 18.7 Å². The van der Waals surface area contributed by atoms with Crippen molar-refractivity contribution in [3.63, 3.8) is 0 Å². The predicted molar refractivity (Wildman–Crippen MR) is 105 cm³/mol. The molecule has 28 heavy (non-hydrogen) atoms. The zero-order chi connectivity index (χ0) is 20.0. The number of sulfonamides is 1. The number of amides is 1. The molecule has 1 heterocycles. The van der Waals surface area contributed by atoms with Gasteiger partial charge in [-0.25, -0.2) is 13.8 Å². The molecule has 1 N–H and O–H groups in total. The molecule has 7 nitrogen and oxygen atoms in total. The maximum atomic E-state index is 12.8. The largest absolute Gasteiger partial charge is 0.271 e. The minimum atomic E-state index is -3.60. The van der Waals surface area contributed by atoms with Gasteiger partial charge < -0.3 is 0 Å². The summed E-state index contributed by atoms with van der Waals surface area (Å²) < 4.78 is 27.0. The van der Waals surface area contributed by atoms with Crippen LogP contribution in [0.2, 0.25) is 0 Å². The third-order valence-electron chi connectivity index (χ3n) is 4.47. The normalized spacial score (nSPS) is 15.2. The van der Waals surface area contributed by atoms with Gasteiger partial charge in [0.1, 0.15) is 0 Å². The standard InChI is InChI=1S/C20H20N4O3S/c21-14-16-7-9-17(10-8-16)15-22-23-20(25)18-5-4-6-19(13-18)28(26,27)24-11-2-1-3-12-24/h4-10,13,15H,1-3,11-12H2,(H,23,25)/b22-15-. The second-order valence-corrected chi connectivity index (χ2v) is 8.36. The number of hydrazone groups is 1. The number of nitrogens with one attached hydrogen (secondary N) is 1. The van der Waals surface area contributed by atoms with Gasteiger partial charge in [-0.05, 0) is 48.7 Å². The smallest absolute Gasteiger partial charge is 0.267 e. The molecule has 0 unspecified atom stereocenters. The van der Waals surface area contributed by atoms with Gasteiger partial charge in [0.15, 0.2) is 0 Å². The lowest BCUT2D eigenvalue weighted by atomic mass is 10.2. The lowest BCUT2D eigenvalue weighted by Crippen LogP contribution is -2.35. The molecule has 0 saturated carbocycles. The van der Waals surface area contributed by atoms with Gasteiger partial charge in [0.05, 0.1) is 22.7 Å². The van der Waals surface area contributed by atoms with E-state index in [2.05, 4.69) is 10.5 Å². The number of carbonyl (C=O) groups excluding carboxylic acids is 1. The molecule has 0 spiro atoms. The molecule has 3 rings (SSSR count). The maximum Gasteiger partial charge on any atom is 0.271 e. The number of nitrogens with zero attached hydrogens (tertiary/aromatic N) is 3. The van der Waals surface area contributed by atoms with Gasteiger partial charge in [-0.3, -0.25) is 4.79 Å². The molecule has 1 fully saturated rings. The molecule has 8 heteroatoms. The number of piperidine rings is 1. The van der Waals surface area contributed by atoms with Gasteiger partial charge in [-0.15, -0.1) is 0 Å². The topological polar surface area (TPSA) is 103 Å². The minimum absolute atomic E-state index is 0.109. The fourth-order valence-electron chi connectivity index (χ4n) is 2.93. The van der Waals surface area contributed by atoms with Crippen LogP contribution in [0.25, 0.3) is 0 Å². The van der Waals surface area contributed by atoms with Crippen molar-refractivity contribution in [3.8, 4) is 6.07 Å². The molecule has 0 aromatic heterocycles. The first kappa shape index (κ1) is 19.7. The van der Waals surface area contributed by atoms with Crippen LogP contribution in [0, 0.1) is 11.3 Å². The molecule has 0 bridgehead atoms. The Kier molecular flexibility index (Phi) is 6.19. The van der Waals surface area contributed by atoms with Crippen molar-refractivity contribution in [2.45, 2.75) is 24.2 Å². The van der Waals surface area contributed by atoms with E-state index in [9.17, 15) is 13.2 Å². The summed E-state index contributed by atoms with van der Waals surface area (Å²) in [4.78, 5) is 12.4. The van der Waals surface area contributed by atoms with Crippen LogP contribution in [-0.4, -0.2) is 37.9 Å². The molecule has 2 aromatic rings. The summed E-state index contributed by atoms with van der Waals surface area (Å²) in [6, 6.07) is 14.7. The summed E-state index contributed by atoms with van der Waals surface area (Å²) in [6.45, 7) is 1.02. The Morgan fingerprint density at radius 1 is 1.11 bits per heavy atom. The van der Waals surface area contributed by atoms with Crippen LogP contribution in [0.5, 0.6) is 0 Å². The summed E-state index contributed by atoms with van der Waals surface area (Å²) in [7, 11) is -3.60. The summed E-state index contributed by atoms with van der Waals surface area (Å²) in [5, 5.41) is 12.7. The van der Waals surface area contributed by atoms with E-state index in [4.69, 9.17) is 5.26 Å². The van der Waals surface area contributed by atoms with E-state index in [1.54, 1.807) is 36.4 Å². The van der Waals surface area contributed by atoms with Gasteiger partial charge in [0.2, 0.25) is 10.0 Å². The highest BCUT2D eigenvalue weighted by Gasteiger charge is 2.26. The molecular formula is C20H20N4O3S. The Morgan fingerprint density at radius 2 is 1.82 bits per heavy atom. The van der Waals surface area contributed by atoms with E-state index in [1.807, 2.05) is 6.07 Å². The average Bonchev–Trinajstić information content (AvgIpc) is 2.75. The second kappa shape index (κ2) is 8.78. The summed E-state index contributed by atoms with van der Waals surface area (Å²) in [6.07, 6.45) is 4.19. The quantitative estimate of drug-likeness (QED) is 0.619. The fraction of sp³-hybridized carbons (Fsp3) is 0.250. The van der Waals surface area contributed by atoms with Crippen molar-refractivity contribution in [2.75, 3.05) is 13.1 Å². The minimum Gasteiger partial charge on any atom is -0.267 e. The number of hydrogen-bond donors (Lipinski definition) is 1. The third kappa shape index (κ3) is 4.63. The van der Waals surface area contributed by atoms with E-state index in [0.29, 0.717) is 18.7 Å². The summed E-state index contributed by atoms with van der Waals surface area (Å²) in [5.74, 6) is -0.499. The Labute approximate surface area is 164 Å². The van der Waals surface area contributed by atoms with Crippen molar-refractivity contribution in [1.82, 2.24) is 9.73 Å². The number of rotatable bonds is 5. The van der Waals surface area contributed by atoms with Crippen molar-refractivity contribution in [3.05, 3.63) is 65.2 Å². The highest BCUT2D eigenvalue weighted by molar-refractivity contribution is 7.89. The first-order chi connectivity index (χ1) is 13.5. The van der Waals surface area contributed by atoms with E-state index >= 15 is 0 Å². The van der Waals surface area contributed by atoms with Gasteiger partial charge in [-0.1, -0.05) is 24.6 Å². The van der Waals surface area contributed by atoms with Crippen molar-refractivity contribution < 1.29 is 13.2 Å². The van der Waals surface area contributed by atoms with Crippen LogP contribution in [0.4, 0.5) is 0 Å². The molecule has 0 atom stereocenters. The Hall–Kier alpha value is -3.02. The average molecular weight is 396 g/mol. The Balaban J connectivity index is 1.69. The zero-order valence-corrected chi connectivity index (χ0v) is 16.0. The van der Waals surface area contributed by atoms with Gasteiger partial charge >= 0.3 is 0 Å². The lowest BCUT2D eigenvalue weighted by molar-refractivity contribution is 0.0955. The van der Waals surface area contributed by atoms with E-state index in [0.717, 1.165) is 24.8 Å². The SMILES string of the molecule is N#Cc1ccc(/C=N\NC(=O)c2cccc(S(=O)(=O)N3CCCCC3)c2)cc1. The molecule has 1 aliphatic heterocycles. The number of carbonyl (C=O) groups is 1. The Morgan fingerprint density at radius 3 is 2.50 bits per heavy atom. The van der Waals surface area contributed by atoms with Crippen LogP contribution in [0.3, 0.4) is 0 Å².